The Morgan fingerprint density at radius 3 is 2.43 bits per heavy atom. The third-order valence-electron chi connectivity index (χ3n) is 8.79. The third-order valence-corrected chi connectivity index (χ3v) is 8.79. The van der Waals surface area contributed by atoms with E-state index in [1.54, 1.807) is 17.7 Å². The Hall–Kier alpha value is -4.65. The van der Waals surface area contributed by atoms with E-state index >= 15 is 0 Å². The summed E-state index contributed by atoms with van der Waals surface area (Å²) in [5.41, 5.74) is 2.10. The van der Waals surface area contributed by atoms with Crippen molar-refractivity contribution >= 4 is 46.1 Å². The minimum absolute atomic E-state index is 0.0120. The van der Waals surface area contributed by atoms with Gasteiger partial charge in [0.2, 0.25) is 17.8 Å². The fourth-order valence-corrected chi connectivity index (χ4v) is 6.25. The molecule has 0 atom stereocenters. The lowest BCUT2D eigenvalue weighted by Crippen LogP contribution is -2.47. The molecule has 0 bridgehead atoms. The van der Waals surface area contributed by atoms with E-state index in [9.17, 15) is 19.2 Å². The number of anilines is 3. The summed E-state index contributed by atoms with van der Waals surface area (Å²) in [7, 11) is 0. The summed E-state index contributed by atoms with van der Waals surface area (Å²) in [6.07, 6.45) is 9.70. The van der Waals surface area contributed by atoms with E-state index in [2.05, 4.69) is 42.3 Å². The molecule has 5 rings (SSSR count). The van der Waals surface area contributed by atoms with Crippen molar-refractivity contribution in [3.63, 3.8) is 0 Å². The van der Waals surface area contributed by atoms with Gasteiger partial charge in [0.15, 0.2) is 5.78 Å². The van der Waals surface area contributed by atoms with Crippen LogP contribution in [0.3, 0.4) is 0 Å². The second kappa shape index (κ2) is 15.1. The number of Topliss-reactive ketones (excluding diaryl/α,β-unsaturated/α-hetero) is 1. The van der Waals surface area contributed by atoms with E-state index in [1.165, 1.54) is 13.0 Å². The average molecular weight is 630 g/mol. The molecule has 4 heterocycles. The van der Waals surface area contributed by atoms with E-state index in [0.717, 1.165) is 57.5 Å². The van der Waals surface area contributed by atoms with E-state index in [-0.39, 0.29) is 34.8 Å². The zero-order valence-electron chi connectivity index (χ0n) is 26.7. The van der Waals surface area contributed by atoms with Crippen LogP contribution in [0.5, 0.6) is 0 Å². The number of pyridine rings is 2. The highest BCUT2D eigenvalue weighted by atomic mass is 16.2. The Kier molecular flexibility index (Phi) is 10.7. The predicted molar refractivity (Wildman–Crippen MR) is 178 cm³/mol. The third kappa shape index (κ3) is 7.76. The van der Waals surface area contributed by atoms with Crippen LogP contribution in [0.15, 0.2) is 42.0 Å². The van der Waals surface area contributed by atoms with E-state index in [1.807, 2.05) is 18.3 Å². The Morgan fingerprint density at radius 1 is 1.02 bits per heavy atom. The Bertz CT molecular complexity index is 1640. The van der Waals surface area contributed by atoms with Gasteiger partial charge in [0.1, 0.15) is 11.5 Å². The van der Waals surface area contributed by atoms with Crippen molar-refractivity contribution in [2.24, 2.45) is 0 Å². The van der Waals surface area contributed by atoms with Crippen LogP contribution in [0, 0.1) is 6.92 Å². The monoisotopic (exact) mass is 629 g/mol. The maximum absolute atomic E-state index is 13.5. The molecule has 13 heteroatoms. The largest absolute Gasteiger partial charge is 0.368 e. The first-order valence-electron chi connectivity index (χ1n) is 16.0. The van der Waals surface area contributed by atoms with Crippen LogP contribution < -0.4 is 26.4 Å². The number of ketones is 1. The summed E-state index contributed by atoms with van der Waals surface area (Å²) in [5.74, 6) is 0.484. The van der Waals surface area contributed by atoms with E-state index in [0.29, 0.717) is 60.8 Å². The zero-order valence-corrected chi connectivity index (χ0v) is 26.7. The fraction of sp³-hybridized carbons (Fsp3) is 0.485. The summed E-state index contributed by atoms with van der Waals surface area (Å²) in [6.45, 7) is 11.7. The van der Waals surface area contributed by atoms with Crippen molar-refractivity contribution in [2.45, 2.75) is 58.4 Å². The minimum Gasteiger partial charge on any atom is -0.368 e. The molecule has 1 aliphatic heterocycles. The van der Waals surface area contributed by atoms with Gasteiger partial charge < -0.3 is 20.9 Å². The summed E-state index contributed by atoms with van der Waals surface area (Å²) in [6, 6.07) is 3.91. The zero-order chi connectivity index (χ0) is 32.6. The molecule has 3 aromatic heterocycles. The lowest BCUT2D eigenvalue weighted by Gasteiger charge is -2.35. The molecule has 1 saturated heterocycles. The second-order valence-electron chi connectivity index (χ2n) is 11.9. The van der Waals surface area contributed by atoms with Crippen LogP contribution in [0.1, 0.15) is 67.4 Å². The van der Waals surface area contributed by atoms with Gasteiger partial charge in [-0.05, 0) is 56.9 Å². The number of fused-ring (bicyclic) bond motifs is 1. The standard InChI is InChI=1S/C33H43N9O4/c1-4-28(44)34-13-7-14-35-29(45)12-15-40-16-18-41(19-17-40)25-10-11-27(36-20-25)38-33-37-21-26-22(2)30(23(3)43)32(46)42(31(26)39-33)24-8-5-6-9-24/h4,10-11,20-21,24H,1,5-9,12-19H2,2-3H3,(H,34,44)(H,35,45)(H,36,37,38,39). The SMILES string of the molecule is C=CC(=O)NCCCNC(=O)CCN1CCN(c2ccc(Nc3ncc4c(C)c(C(C)=O)c(=O)n(C5CCCC5)c4n3)nc2)CC1. The first kappa shape index (κ1) is 32.7. The van der Waals surface area contributed by atoms with Crippen LogP contribution in [0.25, 0.3) is 11.0 Å². The van der Waals surface area contributed by atoms with E-state index < -0.39 is 0 Å². The number of hydrogen-bond donors (Lipinski definition) is 3. The smallest absolute Gasteiger partial charge is 0.263 e. The number of nitrogens with zero attached hydrogens (tertiary/aromatic N) is 6. The topological polar surface area (TPSA) is 154 Å². The van der Waals surface area contributed by atoms with Crippen molar-refractivity contribution < 1.29 is 14.4 Å². The normalized spacial score (nSPS) is 15.6. The van der Waals surface area contributed by atoms with Gasteiger partial charge >= 0.3 is 0 Å². The highest BCUT2D eigenvalue weighted by molar-refractivity contribution is 5.99. The van der Waals surface area contributed by atoms with Gasteiger partial charge in [-0.3, -0.25) is 28.6 Å². The first-order chi connectivity index (χ1) is 22.2. The summed E-state index contributed by atoms with van der Waals surface area (Å²) in [4.78, 5) is 67.6. The number of piperazine rings is 1. The maximum atomic E-state index is 13.5. The van der Waals surface area contributed by atoms with Gasteiger partial charge in [-0.1, -0.05) is 19.4 Å². The molecule has 13 nitrogen and oxygen atoms in total. The quantitative estimate of drug-likeness (QED) is 0.146. The molecule has 3 N–H and O–H groups in total. The van der Waals surface area contributed by atoms with Crippen molar-refractivity contribution in [3.8, 4) is 0 Å². The number of carbonyl (C=O) groups is 3. The Balaban J connectivity index is 1.15. The van der Waals surface area contributed by atoms with Crippen LogP contribution in [-0.2, 0) is 9.59 Å². The maximum Gasteiger partial charge on any atom is 0.263 e. The van der Waals surface area contributed by atoms with Crippen molar-refractivity contribution in [2.75, 3.05) is 56.0 Å². The first-order valence-corrected chi connectivity index (χ1v) is 16.0. The lowest BCUT2D eigenvalue weighted by molar-refractivity contribution is -0.121. The Labute approximate surface area is 268 Å². The van der Waals surface area contributed by atoms with Gasteiger partial charge in [-0.2, -0.15) is 4.98 Å². The van der Waals surface area contributed by atoms with Crippen LogP contribution in [0.2, 0.25) is 0 Å². The van der Waals surface area contributed by atoms with Crippen LogP contribution >= 0.6 is 0 Å². The number of carbonyl (C=O) groups excluding carboxylic acids is 3. The minimum atomic E-state index is -0.275. The van der Waals surface area contributed by atoms with Gasteiger partial charge in [0.25, 0.3) is 5.56 Å². The van der Waals surface area contributed by atoms with Crippen LogP contribution in [-0.4, -0.2) is 87.8 Å². The average Bonchev–Trinajstić information content (AvgIpc) is 3.58. The van der Waals surface area contributed by atoms with Gasteiger partial charge in [0, 0.05) is 69.9 Å². The predicted octanol–water partition coefficient (Wildman–Crippen LogP) is 2.88. The molecule has 46 heavy (non-hydrogen) atoms. The van der Waals surface area contributed by atoms with Crippen molar-refractivity contribution in [1.29, 1.82) is 0 Å². The number of aryl methyl sites for hydroxylation is 1. The number of amides is 2. The number of aromatic nitrogens is 4. The molecule has 2 aliphatic rings. The molecule has 0 unspecified atom stereocenters. The molecule has 0 aromatic carbocycles. The molecular formula is C33H43N9O4. The van der Waals surface area contributed by atoms with Crippen molar-refractivity contribution in [3.05, 3.63) is 58.7 Å². The number of rotatable bonds is 13. The van der Waals surface area contributed by atoms with Gasteiger partial charge in [-0.15, -0.1) is 0 Å². The van der Waals surface area contributed by atoms with Gasteiger partial charge in [0.05, 0.1) is 17.4 Å². The highest BCUT2D eigenvalue weighted by Crippen LogP contribution is 2.32. The lowest BCUT2D eigenvalue weighted by atomic mass is 10.0. The molecule has 244 valence electrons. The molecule has 0 spiro atoms. The second-order valence-corrected chi connectivity index (χ2v) is 11.9. The molecule has 1 aliphatic carbocycles. The van der Waals surface area contributed by atoms with Crippen molar-refractivity contribution in [1.82, 2.24) is 35.1 Å². The molecule has 0 radical (unpaired) electrons. The summed E-state index contributed by atoms with van der Waals surface area (Å²) >= 11 is 0. The number of hydrogen-bond acceptors (Lipinski definition) is 10. The molecule has 2 amide bonds. The molecular weight excluding hydrogens is 586 g/mol. The number of nitrogens with one attached hydrogen (secondary N) is 3. The molecule has 2 fully saturated rings. The summed E-state index contributed by atoms with van der Waals surface area (Å²) < 4.78 is 1.70. The fourth-order valence-electron chi connectivity index (χ4n) is 6.25. The van der Waals surface area contributed by atoms with Crippen LogP contribution in [0.4, 0.5) is 17.5 Å². The molecule has 1 saturated carbocycles. The van der Waals surface area contributed by atoms with Gasteiger partial charge in [-0.25, -0.2) is 9.97 Å². The molecule has 3 aromatic rings. The summed E-state index contributed by atoms with van der Waals surface area (Å²) in [5, 5.41) is 9.48. The Morgan fingerprint density at radius 2 is 1.76 bits per heavy atom. The highest BCUT2D eigenvalue weighted by Gasteiger charge is 2.26. The van der Waals surface area contributed by atoms with E-state index in [4.69, 9.17) is 4.98 Å².